The van der Waals surface area contributed by atoms with E-state index in [2.05, 4.69) is 4.74 Å². The van der Waals surface area contributed by atoms with Crippen molar-refractivity contribution in [1.82, 2.24) is 0 Å². The van der Waals surface area contributed by atoms with Crippen LogP contribution in [-0.4, -0.2) is 44.3 Å². The third kappa shape index (κ3) is 2.59. The maximum atomic E-state index is 12.3. The van der Waals surface area contributed by atoms with Gasteiger partial charge < -0.3 is 24.1 Å². The van der Waals surface area contributed by atoms with Crippen LogP contribution in [0.25, 0.3) is 5.76 Å². The molecule has 1 aromatic rings. The molecule has 8 heteroatoms. The number of aliphatic hydroxyl groups is 1. The Labute approximate surface area is 148 Å². The highest BCUT2D eigenvalue weighted by Gasteiger charge is 2.41. The van der Waals surface area contributed by atoms with Crippen LogP contribution in [0.3, 0.4) is 0 Å². The van der Waals surface area contributed by atoms with Gasteiger partial charge in [-0.05, 0) is 30.5 Å². The van der Waals surface area contributed by atoms with Crippen LogP contribution in [0, 0.1) is 0 Å². The monoisotopic (exact) mass is 360 g/mol. The normalized spacial score (nSPS) is 16.4. The summed E-state index contributed by atoms with van der Waals surface area (Å²) in [5, 5.41) is 10.8. The van der Waals surface area contributed by atoms with E-state index < -0.39 is 29.2 Å². The number of hydrogen-bond acceptors (Lipinski definition) is 8. The number of rotatable bonds is 3. The van der Waals surface area contributed by atoms with Crippen molar-refractivity contribution in [2.24, 2.45) is 0 Å². The van der Waals surface area contributed by atoms with Crippen molar-refractivity contribution < 1.29 is 38.4 Å². The second-order valence-electron chi connectivity index (χ2n) is 5.61. The minimum Gasteiger partial charge on any atom is -0.506 e. The van der Waals surface area contributed by atoms with Crippen LogP contribution >= 0.6 is 0 Å². The summed E-state index contributed by atoms with van der Waals surface area (Å²) in [6.07, 6.45) is 0.464. The van der Waals surface area contributed by atoms with Crippen molar-refractivity contribution in [3.63, 3.8) is 0 Å². The zero-order valence-electron chi connectivity index (χ0n) is 14.4. The molecule has 0 radical (unpaired) electrons. The van der Waals surface area contributed by atoms with E-state index in [4.69, 9.17) is 14.2 Å². The Morgan fingerprint density at radius 3 is 2.31 bits per heavy atom. The fraction of sp³-hybridized carbons (Fsp3) is 0.278. The maximum Gasteiger partial charge on any atom is 0.347 e. The number of ether oxygens (including phenoxy) is 4. The van der Waals surface area contributed by atoms with Gasteiger partial charge >= 0.3 is 17.9 Å². The van der Waals surface area contributed by atoms with Gasteiger partial charge in [0.05, 0.1) is 32.5 Å². The number of cyclic esters (lactones) is 2. The standard InChI is InChI=1S/C18H16O8/c1-23-11-6-8-4-5-9-13(18(22)26-16(9)20)14(17(21)25-3)15(19)10(8)7-12(11)24-2/h6-7,19H,4-5H2,1-3H3. The molecule has 3 rings (SSSR count). The first kappa shape index (κ1) is 17.5. The molecule has 0 atom stereocenters. The topological polar surface area (TPSA) is 108 Å². The molecule has 0 bridgehead atoms. The zero-order chi connectivity index (χ0) is 19.0. The molecule has 1 aromatic carbocycles. The number of carbonyl (C=O) groups excluding carboxylic acids is 3. The number of hydrogen-bond donors (Lipinski definition) is 1. The van der Waals surface area contributed by atoms with Crippen LogP contribution in [-0.2, 0) is 30.3 Å². The van der Waals surface area contributed by atoms with Gasteiger partial charge in [-0.3, -0.25) is 0 Å². The highest BCUT2D eigenvalue weighted by molar-refractivity contribution is 6.21. The Balaban J connectivity index is 2.33. The maximum absolute atomic E-state index is 12.3. The van der Waals surface area contributed by atoms with Gasteiger partial charge in [0.1, 0.15) is 11.3 Å². The average Bonchev–Trinajstić information content (AvgIpc) is 2.90. The molecular weight excluding hydrogens is 344 g/mol. The lowest BCUT2D eigenvalue weighted by Gasteiger charge is -2.18. The minimum absolute atomic E-state index is 0.0300. The van der Waals surface area contributed by atoms with Gasteiger partial charge in [-0.15, -0.1) is 0 Å². The van der Waals surface area contributed by atoms with E-state index in [1.165, 1.54) is 20.3 Å². The molecule has 1 N–H and O–H groups in total. The number of aryl methyl sites for hydroxylation is 1. The molecule has 1 heterocycles. The second-order valence-corrected chi connectivity index (χ2v) is 5.61. The highest BCUT2D eigenvalue weighted by atomic mass is 16.6. The summed E-state index contributed by atoms with van der Waals surface area (Å²) in [4.78, 5) is 36.4. The van der Waals surface area contributed by atoms with Gasteiger partial charge in [0.2, 0.25) is 0 Å². The third-order valence-electron chi connectivity index (χ3n) is 4.32. The lowest BCUT2D eigenvalue weighted by atomic mass is 9.88. The van der Waals surface area contributed by atoms with Crippen molar-refractivity contribution in [3.8, 4) is 11.5 Å². The van der Waals surface area contributed by atoms with Crippen LogP contribution in [0.1, 0.15) is 17.5 Å². The highest BCUT2D eigenvalue weighted by Crippen LogP contribution is 2.40. The van der Waals surface area contributed by atoms with Crippen molar-refractivity contribution in [2.45, 2.75) is 12.8 Å². The van der Waals surface area contributed by atoms with Gasteiger partial charge in [0, 0.05) is 5.56 Å². The minimum atomic E-state index is -0.985. The predicted molar refractivity (Wildman–Crippen MR) is 87.6 cm³/mol. The van der Waals surface area contributed by atoms with Gasteiger partial charge in [0.25, 0.3) is 0 Å². The van der Waals surface area contributed by atoms with Crippen LogP contribution in [0.2, 0.25) is 0 Å². The largest absolute Gasteiger partial charge is 0.506 e. The Morgan fingerprint density at radius 2 is 1.69 bits per heavy atom. The molecule has 8 nitrogen and oxygen atoms in total. The number of esters is 3. The summed E-state index contributed by atoms with van der Waals surface area (Å²) in [5.74, 6) is -2.50. The molecular formula is C18H16O8. The summed E-state index contributed by atoms with van der Waals surface area (Å²) in [7, 11) is 4.01. The van der Waals surface area contributed by atoms with E-state index in [1.54, 1.807) is 6.07 Å². The molecule has 0 spiro atoms. The Morgan fingerprint density at radius 1 is 1.04 bits per heavy atom. The van der Waals surface area contributed by atoms with E-state index in [0.29, 0.717) is 23.5 Å². The quantitative estimate of drug-likeness (QED) is 0.638. The van der Waals surface area contributed by atoms with Crippen LogP contribution < -0.4 is 9.47 Å². The molecule has 0 saturated heterocycles. The zero-order valence-corrected chi connectivity index (χ0v) is 14.4. The number of aliphatic hydroxyl groups excluding tert-OH is 1. The molecule has 2 aliphatic rings. The molecule has 0 aromatic heterocycles. The Bertz CT molecular complexity index is 891. The number of benzene rings is 1. The summed E-state index contributed by atoms with van der Waals surface area (Å²) in [6, 6.07) is 3.15. The van der Waals surface area contributed by atoms with E-state index in [1.807, 2.05) is 0 Å². The fourth-order valence-electron chi connectivity index (χ4n) is 3.06. The first-order valence-corrected chi connectivity index (χ1v) is 7.69. The fourth-order valence-corrected chi connectivity index (χ4v) is 3.06. The summed E-state index contributed by atoms with van der Waals surface area (Å²) < 4.78 is 19.8. The molecule has 0 amide bonds. The number of carbonyl (C=O) groups is 3. The van der Waals surface area contributed by atoms with E-state index in [-0.39, 0.29) is 23.1 Å². The Kier molecular flexibility index (Phi) is 4.41. The smallest absolute Gasteiger partial charge is 0.347 e. The van der Waals surface area contributed by atoms with Gasteiger partial charge in [0.15, 0.2) is 11.5 Å². The van der Waals surface area contributed by atoms with Crippen LogP contribution in [0.15, 0.2) is 28.9 Å². The third-order valence-corrected chi connectivity index (χ3v) is 4.32. The van der Waals surface area contributed by atoms with Crippen LogP contribution in [0.4, 0.5) is 0 Å². The van der Waals surface area contributed by atoms with Gasteiger partial charge in [-0.2, -0.15) is 0 Å². The van der Waals surface area contributed by atoms with Crippen molar-refractivity contribution in [2.75, 3.05) is 21.3 Å². The van der Waals surface area contributed by atoms with Crippen molar-refractivity contribution in [1.29, 1.82) is 0 Å². The lowest BCUT2D eigenvalue weighted by Crippen LogP contribution is -2.17. The molecule has 0 fully saturated rings. The first-order valence-electron chi connectivity index (χ1n) is 7.69. The second kappa shape index (κ2) is 6.55. The molecule has 0 unspecified atom stereocenters. The number of methoxy groups -OCH3 is 3. The van der Waals surface area contributed by atoms with Crippen molar-refractivity contribution >= 4 is 23.7 Å². The predicted octanol–water partition coefficient (Wildman–Crippen LogP) is 1.47. The summed E-state index contributed by atoms with van der Waals surface area (Å²) >= 11 is 0. The van der Waals surface area contributed by atoms with E-state index >= 15 is 0 Å². The van der Waals surface area contributed by atoms with E-state index in [0.717, 1.165) is 7.11 Å². The van der Waals surface area contributed by atoms with Gasteiger partial charge in [-0.25, -0.2) is 14.4 Å². The molecule has 26 heavy (non-hydrogen) atoms. The van der Waals surface area contributed by atoms with Crippen molar-refractivity contribution in [3.05, 3.63) is 40.0 Å². The lowest BCUT2D eigenvalue weighted by molar-refractivity contribution is -0.151. The molecule has 1 aliphatic carbocycles. The van der Waals surface area contributed by atoms with Gasteiger partial charge in [-0.1, -0.05) is 0 Å². The first-order chi connectivity index (χ1) is 12.4. The van der Waals surface area contributed by atoms with Crippen LogP contribution in [0.5, 0.6) is 11.5 Å². The molecule has 1 aliphatic heterocycles. The molecule has 0 saturated carbocycles. The SMILES string of the molecule is COC(=O)C1=C(O)c2cc(OC)c(OC)cc2CCC2=C1C(=O)OC2=O. The number of fused-ring (bicyclic) bond motifs is 1. The summed E-state index contributed by atoms with van der Waals surface area (Å²) in [5.41, 5.74) is 0.246. The average molecular weight is 360 g/mol. The summed E-state index contributed by atoms with van der Waals surface area (Å²) in [6.45, 7) is 0. The van der Waals surface area contributed by atoms with E-state index in [9.17, 15) is 19.5 Å². The Hall–Kier alpha value is -3.29. The molecule has 136 valence electrons.